The van der Waals surface area contributed by atoms with Crippen LogP contribution < -0.4 is 5.32 Å². The van der Waals surface area contributed by atoms with Gasteiger partial charge in [0.1, 0.15) is 0 Å². The third kappa shape index (κ3) is 3.59. The first-order valence-electron chi connectivity index (χ1n) is 9.56. The van der Waals surface area contributed by atoms with Crippen LogP contribution in [0.5, 0.6) is 0 Å². The van der Waals surface area contributed by atoms with Crippen molar-refractivity contribution in [2.45, 2.75) is 44.9 Å². The smallest absolute Gasteiger partial charge is 0.0406 e. The minimum absolute atomic E-state index is 0.435. The van der Waals surface area contributed by atoms with Gasteiger partial charge in [-0.1, -0.05) is 60.2 Å². The van der Waals surface area contributed by atoms with Crippen LogP contribution in [0.3, 0.4) is 0 Å². The molecule has 26 heavy (non-hydrogen) atoms. The number of fused-ring (bicyclic) bond motifs is 2. The fourth-order valence-electron chi connectivity index (χ4n) is 4.62. The molecule has 4 rings (SSSR count). The summed E-state index contributed by atoms with van der Waals surface area (Å²) in [6, 6.07) is 18.1. The Labute approximate surface area is 161 Å². The summed E-state index contributed by atoms with van der Waals surface area (Å²) < 4.78 is 0. The molecule has 1 fully saturated rings. The van der Waals surface area contributed by atoms with Gasteiger partial charge in [-0.2, -0.15) is 0 Å². The zero-order chi connectivity index (χ0) is 18.1. The van der Waals surface area contributed by atoms with E-state index in [9.17, 15) is 0 Å². The van der Waals surface area contributed by atoms with Crippen LogP contribution >= 0.6 is 11.6 Å². The lowest BCUT2D eigenvalue weighted by Crippen LogP contribution is -2.60. The van der Waals surface area contributed by atoms with Crippen LogP contribution in [-0.4, -0.2) is 23.5 Å². The molecule has 2 heterocycles. The normalized spacial score (nSPS) is 25.4. The SMILES string of the molecule is C=C(C)[C@H]1CCN2Cc3ccccc3C[C@H]2[C@H]1NCc1ccc(Cl)cc1. The van der Waals surface area contributed by atoms with Crippen LogP contribution in [0.1, 0.15) is 30.0 Å². The van der Waals surface area contributed by atoms with Gasteiger partial charge in [-0.25, -0.2) is 0 Å². The fraction of sp³-hybridized carbons (Fsp3) is 0.391. The molecule has 3 heteroatoms. The zero-order valence-corrected chi connectivity index (χ0v) is 16.2. The molecular weight excluding hydrogens is 340 g/mol. The number of nitrogens with zero attached hydrogens (tertiary/aromatic N) is 1. The Morgan fingerprint density at radius 1 is 1.15 bits per heavy atom. The van der Waals surface area contributed by atoms with Crippen molar-refractivity contribution >= 4 is 11.6 Å². The van der Waals surface area contributed by atoms with E-state index in [0.717, 1.165) is 31.1 Å². The van der Waals surface area contributed by atoms with E-state index in [1.807, 2.05) is 12.1 Å². The lowest BCUT2D eigenvalue weighted by molar-refractivity contribution is 0.0664. The van der Waals surface area contributed by atoms with E-state index < -0.39 is 0 Å². The summed E-state index contributed by atoms with van der Waals surface area (Å²) in [5.74, 6) is 0.536. The van der Waals surface area contributed by atoms with Crippen LogP contribution in [0.25, 0.3) is 0 Å². The van der Waals surface area contributed by atoms with Gasteiger partial charge in [0, 0.05) is 30.2 Å². The van der Waals surface area contributed by atoms with Gasteiger partial charge in [-0.15, -0.1) is 0 Å². The quantitative estimate of drug-likeness (QED) is 0.780. The van der Waals surface area contributed by atoms with Gasteiger partial charge in [0.2, 0.25) is 0 Å². The lowest BCUT2D eigenvalue weighted by atomic mass is 9.77. The van der Waals surface area contributed by atoms with Gasteiger partial charge in [-0.05, 0) is 61.1 Å². The molecule has 1 N–H and O–H groups in total. The summed E-state index contributed by atoms with van der Waals surface area (Å²) in [6.45, 7) is 9.60. The standard InChI is InChI=1S/C23H27ClN2/c1-16(2)21-11-12-26-15-19-6-4-3-5-18(19)13-22(26)23(21)25-14-17-7-9-20(24)10-8-17/h3-10,21-23,25H,1,11-15H2,2H3/t21-,22+,23+/m1/s1. The van der Waals surface area contributed by atoms with Gasteiger partial charge < -0.3 is 5.32 Å². The van der Waals surface area contributed by atoms with Crippen LogP contribution in [0.2, 0.25) is 5.02 Å². The maximum Gasteiger partial charge on any atom is 0.0406 e. The second-order valence-electron chi connectivity index (χ2n) is 7.79. The molecule has 0 saturated carbocycles. The molecule has 0 aliphatic carbocycles. The first-order chi connectivity index (χ1) is 12.6. The third-order valence-corrected chi connectivity index (χ3v) is 6.31. The monoisotopic (exact) mass is 366 g/mol. The maximum atomic E-state index is 6.03. The molecule has 0 aromatic heterocycles. The van der Waals surface area contributed by atoms with E-state index in [1.54, 1.807) is 0 Å². The van der Waals surface area contributed by atoms with E-state index in [-0.39, 0.29) is 0 Å². The van der Waals surface area contributed by atoms with Crippen LogP contribution in [-0.2, 0) is 19.5 Å². The largest absolute Gasteiger partial charge is 0.308 e. The number of piperidine rings is 1. The number of halogens is 1. The Morgan fingerprint density at radius 3 is 2.62 bits per heavy atom. The second-order valence-corrected chi connectivity index (χ2v) is 8.22. The van der Waals surface area contributed by atoms with Gasteiger partial charge in [0.05, 0.1) is 0 Å². The highest BCUT2D eigenvalue weighted by Gasteiger charge is 2.40. The molecule has 0 radical (unpaired) electrons. The van der Waals surface area contributed by atoms with Crippen molar-refractivity contribution in [1.29, 1.82) is 0 Å². The first kappa shape index (κ1) is 17.8. The van der Waals surface area contributed by atoms with E-state index in [2.05, 4.69) is 60.1 Å². The molecule has 2 aliphatic heterocycles. The summed E-state index contributed by atoms with van der Waals surface area (Å²) >= 11 is 6.03. The molecule has 2 aliphatic rings. The molecule has 3 atom stereocenters. The molecular formula is C23H27ClN2. The predicted molar refractivity (Wildman–Crippen MR) is 109 cm³/mol. The molecule has 0 spiro atoms. The van der Waals surface area contributed by atoms with Gasteiger partial charge in [-0.3, -0.25) is 4.90 Å². The van der Waals surface area contributed by atoms with Crippen molar-refractivity contribution in [3.63, 3.8) is 0 Å². The van der Waals surface area contributed by atoms with Crippen molar-refractivity contribution in [1.82, 2.24) is 10.2 Å². The van der Waals surface area contributed by atoms with E-state index in [4.69, 9.17) is 11.6 Å². The third-order valence-electron chi connectivity index (χ3n) is 6.05. The minimum atomic E-state index is 0.435. The lowest BCUT2D eigenvalue weighted by Gasteiger charge is -2.49. The van der Waals surface area contributed by atoms with Crippen LogP contribution in [0.4, 0.5) is 0 Å². The molecule has 2 aromatic carbocycles. The number of benzene rings is 2. The zero-order valence-electron chi connectivity index (χ0n) is 15.4. The number of nitrogens with one attached hydrogen (secondary N) is 1. The first-order valence-corrected chi connectivity index (χ1v) is 9.93. The van der Waals surface area contributed by atoms with E-state index in [0.29, 0.717) is 18.0 Å². The summed E-state index contributed by atoms with van der Waals surface area (Å²) in [5, 5.41) is 4.67. The van der Waals surface area contributed by atoms with Crippen LogP contribution in [0.15, 0.2) is 60.7 Å². The van der Waals surface area contributed by atoms with Gasteiger partial charge in [0.25, 0.3) is 0 Å². The average molecular weight is 367 g/mol. The summed E-state index contributed by atoms with van der Waals surface area (Å²) in [4.78, 5) is 2.67. The Bertz CT molecular complexity index is 783. The van der Waals surface area contributed by atoms with Crippen molar-refractivity contribution < 1.29 is 0 Å². The van der Waals surface area contributed by atoms with Crippen LogP contribution in [0, 0.1) is 5.92 Å². The predicted octanol–water partition coefficient (Wildman–Crippen LogP) is 4.82. The van der Waals surface area contributed by atoms with Crippen molar-refractivity contribution in [2.75, 3.05) is 6.54 Å². The molecule has 2 aromatic rings. The van der Waals surface area contributed by atoms with Gasteiger partial charge in [0.15, 0.2) is 0 Å². The molecule has 1 saturated heterocycles. The molecule has 0 bridgehead atoms. The van der Waals surface area contributed by atoms with Crippen molar-refractivity contribution in [2.24, 2.45) is 5.92 Å². The average Bonchev–Trinajstić information content (AvgIpc) is 2.65. The van der Waals surface area contributed by atoms with Crippen molar-refractivity contribution in [3.05, 3.63) is 82.4 Å². The topological polar surface area (TPSA) is 15.3 Å². The molecule has 136 valence electrons. The summed E-state index contributed by atoms with van der Waals surface area (Å²) in [7, 11) is 0. The second kappa shape index (κ2) is 7.56. The Morgan fingerprint density at radius 2 is 1.88 bits per heavy atom. The molecule has 0 unspecified atom stereocenters. The summed E-state index contributed by atoms with van der Waals surface area (Å²) in [6.07, 6.45) is 2.31. The summed E-state index contributed by atoms with van der Waals surface area (Å²) in [5.41, 5.74) is 5.59. The minimum Gasteiger partial charge on any atom is -0.308 e. The highest BCUT2D eigenvalue weighted by atomic mass is 35.5. The fourth-order valence-corrected chi connectivity index (χ4v) is 4.75. The Kier molecular flexibility index (Phi) is 5.17. The van der Waals surface area contributed by atoms with E-state index >= 15 is 0 Å². The number of rotatable bonds is 4. The van der Waals surface area contributed by atoms with Gasteiger partial charge >= 0.3 is 0 Å². The number of hydrogen-bond donors (Lipinski definition) is 1. The Hall–Kier alpha value is -1.61. The Balaban J connectivity index is 1.56. The molecule has 0 amide bonds. The highest BCUT2D eigenvalue weighted by molar-refractivity contribution is 6.30. The number of hydrogen-bond acceptors (Lipinski definition) is 2. The maximum absolute atomic E-state index is 6.03. The highest BCUT2D eigenvalue weighted by Crippen LogP contribution is 2.35. The molecule has 2 nitrogen and oxygen atoms in total. The van der Waals surface area contributed by atoms with Crippen molar-refractivity contribution in [3.8, 4) is 0 Å². The van der Waals surface area contributed by atoms with E-state index in [1.165, 1.54) is 28.7 Å².